The van der Waals surface area contributed by atoms with Gasteiger partial charge in [0.2, 0.25) is 0 Å². The Bertz CT molecular complexity index is 1080. The molecule has 10 heteroatoms. The number of benzene rings is 2. The van der Waals surface area contributed by atoms with Gasteiger partial charge in [0.15, 0.2) is 0 Å². The predicted molar refractivity (Wildman–Crippen MR) is 108 cm³/mol. The van der Waals surface area contributed by atoms with Gasteiger partial charge in [0.25, 0.3) is 11.8 Å². The molecule has 0 fully saturated rings. The number of hydrogen-bond donors (Lipinski definition) is 2. The van der Waals surface area contributed by atoms with E-state index in [1.807, 2.05) is 25.1 Å². The van der Waals surface area contributed by atoms with Crippen LogP contribution < -0.4 is 15.8 Å². The molecule has 0 radical (unpaired) electrons. The Labute approximate surface area is 174 Å². The van der Waals surface area contributed by atoms with Crippen molar-refractivity contribution in [1.29, 1.82) is 0 Å². The average Bonchev–Trinajstić information content (AvgIpc) is 3.21. The second kappa shape index (κ2) is 8.54. The van der Waals surface area contributed by atoms with E-state index in [2.05, 4.69) is 15.8 Å². The second-order valence-corrected chi connectivity index (χ2v) is 7.33. The van der Waals surface area contributed by atoms with Crippen molar-refractivity contribution in [3.63, 3.8) is 0 Å². The minimum atomic E-state index is -4.47. The van der Waals surface area contributed by atoms with Crippen molar-refractivity contribution in [2.24, 2.45) is 0 Å². The Kier molecular flexibility index (Phi) is 6.06. The molecule has 0 aliphatic rings. The Morgan fingerprint density at radius 2 is 1.70 bits per heavy atom. The molecule has 1 heterocycles. The number of hydrogen-bond acceptors (Lipinski definition) is 5. The van der Waals surface area contributed by atoms with Crippen molar-refractivity contribution in [2.45, 2.75) is 6.18 Å². The Morgan fingerprint density at radius 3 is 2.40 bits per heavy atom. The van der Waals surface area contributed by atoms with Crippen LogP contribution in [0.1, 0.15) is 26.4 Å². The van der Waals surface area contributed by atoms with Crippen molar-refractivity contribution in [2.75, 3.05) is 19.0 Å². The van der Waals surface area contributed by atoms with Gasteiger partial charge in [-0.05, 0) is 30.3 Å². The van der Waals surface area contributed by atoms with Crippen LogP contribution in [0.25, 0.3) is 10.6 Å². The maximum absolute atomic E-state index is 12.9. The fourth-order valence-electron chi connectivity index (χ4n) is 2.51. The van der Waals surface area contributed by atoms with Crippen LogP contribution in [0.4, 0.5) is 18.9 Å². The Balaban J connectivity index is 1.67. The number of nitrogens with one attached hydrogen (secondary N) is 2. The lowest BCUT2D eigenvalue weighted by Crippen LogP contribution is -2.41. The van der Waals surface area contributed by atoms with Crippen LogP contribution in [0.15, 0.2) is 53.9 Å². The zero-order chi connectivity index (χ0) is 21.9. The zero-order valence-electron chi connectivity index (χ0n) is 15.9. The predicted octanol–water partition coefficient (Wildman–Crippen LogP) is 3.97. The highest BCUT2D eigenvalue weighted by Gasteiger charge is 2.30. The molecule has 2 N–H and O–H groups in total. The average molecular weight is 434 g/mol. The van der Waals surface area contributed by atoms with Crippen LogP contribution in [0, 0.1) is 0 Å². The third-order valence-corrected chi connectivity index (χ3v) is 4.98. The highest BCUT2D eigenvalue weighted by molar-refractivity contribution is 7.13. The van der Waals surface area contributed by atoms with Crippen LogP contribution in [0.2, 0.25) is 0 Å². The normalized spacial score (nSPS) is 11.1. The number of alkyl halides is 3. The smallest absolute Gasteiger partial charge is 0.378 e. The zero-order valence-corrected chi connectivity index (χ0v) is 16.8. The molecule has 2 amide bonds. The maximum atomic E-state index is 12.9. The number of aromatic nitrogens is 1. The number of halogens is 3. The number of carbonyl (C=O) groups is 2. The van der Waals surface area contributed by atoms with Crippen LogP contribution in [0.3, 0.4) is 0 Å². The minimum absolute atomic E-state index is 0.0187. The molecule has 0 aliphatic carbocycles. The molecule has 156 valence electrons. The molecule has 3 aromatic rings. The summed E-state index contributed by atoms with van der Waals surface area (Å²) in [4.78, 5) is 30.4. The van der Waals surface area contributed by atoms with Crippen LogP contribution in [-0.2, 0) is 6.18 Å². The summed E-state index contributed by atoms with van der Waals surface area (Å²) in [6.45, 7) is 0. The number of carbonyl (C=O) groups excluding carboxylic acids is 2. The van der Waals surface area contributed by atoms with Crippen molar-refractivity contribution >= 4 is 28.8 Å². The topological polar surface area (TPSA) is 74.3 Å². The van der Waals surface area contributed by atoms with Crippen LogP contribution in [0.5, 0.6) is 0 Å². The van der Waals surface area contributed by atoms with Gasteiger partial charge in [0.1, 0.15) is 10.7 Å². The van der Waals surface area contributed by atoms with E-state index in [4.69, 9.17) is 0 Å². The van der Waals surface area contributed by atoms with E-state index in [-0.39, 0.29) is 16.3 Å². The number of nitrogens with zero attached hydrogens (tertiary/aromatic N) is 2. The van der Waals surface area contributed by atoms with Crippen molar-refractivity contribution in [3.8, 4) is 10.6 Å². The third-order valence-electron chi connectivity index (χ3n) is 4.09. The van der Waals surface area contributed by atoms with Gasteiger partial charge in [-0.1, -0.05) is 18.2 Å². The molecule has 1 aromatic heterocycles. The summed E-state index contributed by atoms with van der Waals surface area (Å²) in [6.07, 6.45) is -4.47. The molecule has 2 aromatic carbocycles. The first-order valence-corrected chi connectivity index (χ1v) is 9.54. The van der Waals surface area contributed by atoms with Gasteiger partial charge in [-0.2, -0.15) is 13.2 Å². The van der Waals surface area contributed by atoms with E-state index in [0.717, 1.165) is 29.2 Å². The molecule has 30 heavy (non-hydrogen) atoms. The van der Waals surface area contributed by atoms with Crippen molar-refractivity contribution in [3.05, 3.63) is 70.7 Å². The van der Waals surface area contributed by atoms with Gasteiger partial charge >= 0.3 is 6.18 Å². The summed E-state index contributed by atoms with van der Waals surface area (Å²) in [5.74, 6) is -1.19. The largest absolute Gasteiger partial charge is 0.416 e. The molecule has 0 saturated carbocycles. The van der Waals surface area contributed by atoms with Gasteiger partial charge in [-0.25, -0.2) is 4.98 Å². The molecule has 3 rings (SSSR count). The first-order valence-electron chi connectivity index (χ1n) is 8.66. The molecular formula is C20H17F3N4O2S. The van der Waals surface area contributed by atoms with Gasteiger partial charge in [-0.3, -0.25) is 20.4 Å². The Hall–Kier alpha value is -3.40. The number of thiazole rings is 1. The highest BCUT2D eigenvalue weighted by atomic mass is 32.1. The molecule has 0 aliphatic heterocycles. The summed E-state index contributed by atoms with van der Waals surface area (Å²) in [7, 11) is 3.67. The van der Waals surface area contributed by atoms with Crippen molar-refractivity contribution < 1.29 is 22.8 Å². The summed E-state index contributed by atoms with van der Waals surface area (Å²) >= 11 is 1.03. The van der Waals surface area contributed by atoms with E-state index in [0.29, 0.717) is 5.56 Å². The van der Waals surface area contributed by atoms with Gasteiger partial charge in [-0.15, -0.1) is 11.3 Å². The highest BCUT2D eigenvalue weighted by Crippen LogP contribution is 2.33. The molecule has 0 atom stereocenters. The van der Waals surface area contributed by atoms with Crippen molar-refractivity contribution in [1.82, 2.24) is 15.8 Å². The summed E-state index contributed by atoms with van der Waals surface area (Å²) in [6, 6.07) is 11.5. The third kappa shape index (κ3) is 4.95. The number of anilines is 1. The lowest BCUT2D eigenvalue weighted by atomic mass is 10.1. The first-order chi connectivity index (χ1) is 14.1. The lowest BCUT2D eigenvalue weighted by Gasteiger charge is -2.13. The fraction of sp³-hybridized carbons (Fsp3) is 0.150. The molecule has 6 nitrogen and oxygen atoms in total. The first kappa shape index (κ1) is 21.3. The lowest BCUT2D eigenvalue weighted by molar-refractivity contribution is -0.137. The number of hydrazine groups is 1. The molecule has 0 bridgehead atoms. The van der Waals surface area contributed by atoms with E-state index >= 15 is 0 Å². The van der Waals surface area contributed by atoms with E-state index in [9.17, 15) is 22.8 Å². The molecule has 0 spiro atoms. The maximum Gasteiger partial charge on any atom is 0.416 e. The van der Waals surface area contributed by atoms with Gasteiger partial charge in [0, 0.05) is 36.3 Å². The number of amides is 2. The summed E-state index contributed by atoms with van der Waals surface area (Å²) in [5, 5.41) is 1.67. The van der Waals surface area contributed by atoms with E-state index in [1.54, 1.807) is 18.2 Å². The molecule has 0 saturated heterocycles. The van der Waals surface area contributed by atoms with E-state index in [1.165, 1.54) is 17.5 Å². The monoisotopic (exact) mass is 434 g/mol. The fourth-order valence-corrected chi connectivity index (χ4v) is 3.31. The quantitative estimate of drug-likeness (QED) is 0.610. The molecular weight excluding hydrogens is 417 g/mol. The standard InChI is InChI=1S/C20H17F3N4O2S/c1-27(2)15-8-4-5-12(10-15)17(28)25-26-18(29)16-11-30-19(24-16)13-6-3-7-14(9-13)20(21,22)23/h3-11H,1-2H3,(H,25,28)(H,26,29). The summed E-state index contributed by atoms with van der Waals surface area (Å²) < 4.78 is 38.6. The van der Waals surface area contributed by atoms with Gasteiger partial charge in [0.05, 0.1) is 5.56 Å². The SMILES string of the molecule is CN(C)c1cccc(C(=O)NNC(=O)c2csc(-c3cccc(C(F)(F)F)c3)n2)c1. The second-order valence-electron chi connectivity index (χ2n) is 6.47. The minimum Gasteiger partial charge on any atom is -0.378 e. The van der Waals surface area contributed by atoms with Crippen LogP contribution in [-0.4, -0.2) is 30.9 Å². The number of rotatable bonds is 4. The van der Waals surface area contributed by atoms with Gasteiger partial charge < -0.3 is 4.90 Å². The van der Waals surface area contributed by atoms with E-state index < -0.39 is 23.6 Å². The Morgan fingerprint density at radius 1 is 1.00 bits per heavy atom. The molecule has 0 unspecified atom stereocenters. The van der Waals surface area contributed by atoms with Crippen LogP contribution >= 0.6 is 11.3 Å². The summed E-state index contributed by atoms with van der Waals surface area (Å²) in [5.41, 5.74) is 5.16.